The second kappa shape index (κ2) is 5.97. The Kier molecular flexibility index (Phi) is 4.73. The molecule has 0 saturated carbocycles. The van der Waals surface area contributed by atoms with Crippen LogP contribution in [0.15, 0.2) is 19.8 Å². The highest BCUT2D eigenvalue weighted by Crippen LogP contribution is 2.36. The van der Waals surface area contributed by atoms with Crippen LogP contribution in [0.5, 0.6) is 0 Å². The summed E-state index contributed by atoms with van der Waals surface area (Å²) < 4.78 is 4.21. The third-order valence-electron chi connectivity index (χ3n) is 2.79. The lowest BCUT2D eigenvalue weighted by Gasteiger charge is -2.05. The van der Waals surface area contributed by atoms with E-state index in [9.17, 15) is 4.79 Å². The summed E-state index contributed by atoms with van der Waals surface area (Å²) in [7, 11) is 0. The quantitative estimate of drug-likeness (QED) is 0.752. The van der Waals surface area contributed by atoms with Crippen molar-refractivity contribution in [3.63, 3.8) is 0 Å². The Balaban J connectivity index is 2.90. The Hall–Kier alpha value is -0.340. The number of nitrogens with zero attached hydrogens (tertiary/aromatic N) is 2. The summed E-state index contributed by atoms with van der Waals surface area (Å²) in [5.41, 5.74) is 0.863. The lowest BCUT2D eigenvalue weighted by molar-refractivity contribution is 0.268. The predicted octanol–water partition coefficient (Wildman–Crippen LogP) is 1.97. The maximum Gasteiger partial charge on any atom is 0.329 e. The SMILES string of the molecule is O=c1n(CCO)c2cc(Br)c(Br)c(Cl)c2n1CCO. The van der Waals surface area contributed by atoms with E-state index in [1.807, 2.05) is 0 Å². The highest BCUT2D eigenvalue weighted by molar-refractivity contribution is 9.13. The van der Waals surface area contributed by atoms with E-state index in [1.54, 1.807) is 6.07 Å². The topological polar surface area (TPSA) is 67.4 Å². The normalized spacial score (nSPS) is 11.4. The van der Waals surface area contributed by atoms with Gasteiger partial charge >= 0.3 is 5.69 Å². The highest BCUT2D eigenvalue weighted by atomic mass is 79.9. The molecule has 8 heteroatoms. The summed E-state index contributed by atoms with van der Waals surface area (Å²) in [5.74, 6) is 0. The summed E-state index contributed by atoms with van der Waals surface area (Å²) in [6, 6.07) is 1.76. The molecule has 0 spiro atoms. The van der Waals surface area contributed by atoms with Crippen molar-refractivity contribution >= 4 is 54.5 Å². The van der Waals surface area contributed by atoms with Gasteiger partial charge in [0.05, 0.1) is 46.8 Å². The first-order valence-corrected chi connectivity index (χ1v) is 7.47. The molecule has 0 radical (unpaired) electrons. The van der Waals surface area contributed by atoms with Crippen LogP contribution in [0.4, 0.5) is 0 Å². The summed E-state index contributed by atoms with van der Waals surface area (Å²) in [6.45, 7) is 0.0192. The van der Waals surface area contributed by atoms with Crippen molar-refractivity contribution in [3.8, 4) is 0 Å². The van der Waals surface area contributed by atoms with Gasteiger partial charge in [0.1, 0.15) is 0 Å². The van der Waals surface area contributed by atoms with Crippen LogP contribution in [-0.2, 0) is 13.1 Å². The van der Waals surface area contributed by atoms with E-state index in [4.69, 9.17) is 21.8 Å². The van der Waals surface area contributed by atoms with Crippen molar-refractivity contribution in [3.05, 3.63) is 30.5 Å². The second-order valence-corrected chi connectivity index (χ2v) is 5.91. The second-order valence-electron chi connectivity index (χ2n) is 3.89. The standard InChI is InChI=1S/C11H11Br2ClN2O3/c12-6-5-7-10(9(14)8(6)13)16(2-4-18)11(19)15(7)1-3-17/h5,17-18H,1-4H2. The number of imidazole rings is 1. The Morgan fingerprint density at radius 3 is 2.32 bits per heavy atom. The smallest absolute Gasteiger partial charge is 0.329 e. The average Bonchev–Trinajstić information content (AvgIpc) is 2.63. The van der Waals surface area contributed by atoms with Crippen molar-refractivity contribution in [2.75, 3.05) is 13.2 Å². The van der Waals surface area contributed by atoms with Crippen LogP contribution < -0.4 is 5.69 Å². The van der Waals surface area contributed by atoms with Gasteiger partial charge in [-0.3, -0.25) is 9.13 Å². The molecule has 0 aliphatic heterocycles. The molecule has 0 fully saturated rings. The first-order chi connectivity index (χ1) is 9.02. The number of hydrogen-bond acceptors (Lipinski definition) is 3. The van der Waals surface area contributed by atoms with E-state index in [-0.39, 0.29) is 32.0 Å². The fraction of sp³-hybridized carbons (Fsp3) is 0.364. The van der Waals surface area contributed by atoms with Gasteiger partial charge < -0.3 is 10.2 Å². The minimum absolute atomic E-state index is 0.149. The lowest BCUT2D eigenvalue weighted by Crippen LogP contribution is -2.26. The van der Waals surface area contributed by atoms with Gasteiger partial charge in [-0.1, -0.05) is 11.6 Å². The van der Waals surface area contributed by atoms with Crippen LogP contribution in [-0.4, -0.2) is 32.6 Å². The first kappa shape index (κ1) is 15.1. The maximum atomic E-state index is 12.3. The molecule has 1 aromatic heterocycles. The minimum Gasteiger partial charge on any atom is -0.395 e. The monoisotopic (exact) mass is 412 g/mol. The zero-order valence-corrected chi connectivity index (χ0v) is 13.7. The molecular weight excluding hydrogens is 403 g/mol. The Bertz CT molecular complexity index is 681. The molecule has 104 valence electrons. The van der Waals surface area contributed by atoms with E-state index in [0.717, 1.165) is 4.47 Å². The fourth-order valence-electron chi connectivity index (χ4n) is 2.00. The number of fused-ring (bicyclic) bond motifs is 1. The maximum absolute atomic E-state index is 12.3. The number of hydrogen-bond donors (Lipinski definition) is 2. The van der Waals surface area contributed by atoms with Gasteiger partial charge in [-0.05, 0) is 37.9 Å². The van der Waals surface area contributed by atoms with Crippen molar-refractivity contribution in [1.82, 2.24) is 9.13 Å². The van der Waals surface area contributed by atoms with E-state index in [0.29, 0.717) is 20.5 Å². The van der Waals surface area contributed by atoms with Gasteiger partial charge in [0, 0.05) is 4.47 Å². The summed E-state index contributed by atoms with van der Waals surface area (Å²) in [5, 5.41) is 18.5. The molecule has 0 atom stereocenters. The molecule has 1 heterocycles. The molecule has 1 aromatic carbocycles. The molecule has 2 N–H and O–H groups in total. The van der Waals surface area contributed by atoms with Crippen LogP contribution >= 0.6 is 43.5 Å². The third kappa shape index (κ3) is 2.50. The Morgan fingerprint density at radius 1 is 1.16 bits per heavy atom. The summed E-state index contributed by atoms with van der Waals surface area (Å²) in [4.78, 5) is 12.3. The van der Waals surface area contributed by atoms with Gasteiger partial charge in [-0.15, -0.1) is 0 Å². The summed E-state index contributed by atoms with van der Waals surface area (Å²) >= 11 is 13.0. The van der Waals surface area contributed by atoms with Crippen LogP contribution in [0.3, 0.4) is 0 Å². The fourth-order valence-corrected chi connectivity index (χ4v) is 3.14. The number of halogens is 3. The molecular formula is C11H11Br2ClN2O3. The van der Waals surface area contributed by atoms with Crippen molar-refractivity contribution < 1.29 is 10.2 Å². The molecule has 19 heavy (non-hydrogen) atoms. The predicted molar refractivity (Wildman–Crippen MR) is 80.8 cm³/mol. The number of rotatable bonds is 4. The number of aliphatic hydroxyl groups is 2. The molecule has 2 rings (SSSR count). The number of aliphatic hydroxyl groups excluding tert-OH is 2. The first-order valence-electron chi connectivity index (χ1n) is 5.51. The number of aromatic nitrogens is 2. The average molecular weight is 414 g/mol. The van der Waals surface area contributed by atoms with Crippen LogP contribution in [0.2, 0.25) is 5.02 Å². The van der Waals surface area contributed by atoms with Crippen LogP contribution in [0, 0.1) is 0 Å². The third-order valence-corrected chi connectivity index (χ3v) is 5.36. The Morgan fingerprint density at radius 2 is 1.74 bits per heavy atom. The van der Waals surface area contributed by atoms with Crippen molar-refractivity contribution in [1.29, 1.82) is 0 Å². The largest absolute Gasteiger partial charge is 0.395 e. The van der Waals surface area contributed by atoms with E-state index in [1.165, 1.54) is 9.13 Å². The van der Waals surface area contributed by atoms with Crippen LogP contribution in [0.1, 0.15) is 0 Å². The zero-order valence-electron chi connectivity index (χ0n) is 9.74. The summed E-state index contributed by atoms with van der Waals surface area (Å²) in [6.07, 6.45) is 0. The lowest BCUT2D eigenvalue weighted by atomic mass is 10.3. The molecule has 0 amide bonds. The van der Waals surface area contributed by atoms with Crippen molar-refractivity contribution in [2.24, 2.45) is 0 Å². The number of benzene rings is 1. The molecule has 0 bridgehead atoms. The Labute approximate surface area is 130 Å². The van der Waals surface area contributed by atoms with Gasteiger partial charge in [0.25, 0.3) is 0 Å². The molecule has 0 aliphatic rings. The van der Waals surface area contributed by atoms with Gasteiger partial charge in [-0.25, -0.2) is 4.79 Å². The minimum atomic E-state index is -0.301. The van der Waals surface area contributed by atoms with E-state index >= 15 is 0 Å². The zero-order chi connectivity index (χ0) is 14.2. The molecule has 0 aliphatic carbocycles. The van der Waals surface area contributed by atoms with Gasteiger partial charge in [-0.2, -0.15) is 0 Å². The molecule has 0 unspecified atom stereocenters. The highest BCUT2D eigenvalue weighted by Gasteiger charge is 2.19. The molecule has 2 aromatic rings. The van der Waals surface area contributed by atoms with Gasteiger partial charge in [0.2, 0.25) is 0 Å². The van der Waals surface area contributed by atoms with Crippen LogP contribution in [0.25, 0.3) is 11.0 Å². The van der Waals surface area contributed by atoms with Gasteiger partial charge in [0.15, 0.2) is 0 Å². The molecule has 5 nitrogen and oxygen atoms in total. The van der Waals surface area contributed by atoms with Crippen molar-refractivity contribution in [2.45, 2.75) is 13.1 Å². The van der Waals surface area contributed by atoms with E-state index < -0.39 is 0 Å². The molecule has 0 saturated heterocycles. The van der Waals surface area contributed by atoms with E-state index in [2.05, 4.69) is 31.9 Å².